The lowest BCUT2D eigenvalue weighted by molar-refractivity contribution is 0.640. The summed E-state index contributed by atoms with van der Waals surface area (Å²) in [4.78, 5) is 15.1. The fraction of sp³-hybridized carbons (Fsp3) is 0.158. The van der Waals surface area contributed by atoms with Gasteiger partial charge in [-0.15, -0.1) is 12.8 Å². The summed E-state index contributed by atoms with van der Waals surface area (Å²) in [5, 5.41) is 0. The van der Waals surface area contributed by atoms with Crippen molar-refractivity contribution in [3.05, 3.63) is 165 Å². The summed E-state index contributed by atoms with van der Waals surface area (Å²) in [6.45, 7) is 4.53. The number of aromatic nitrogens is 4. The van der Waals surface area contributed by atoms with Crippen LogP contribution in [0.1, 0.15) is 81.7 Å². The third-order valence-electron chi connectivity index (χ3n) is 9.16. The number of nitrogens with one attached hydrogen (secondary N) is 4. The zero-order chi connectivity index (χ0) is 28.9. The zero-order valence-electron chi connectivity index (χ0n) is 23.8. The van der Waals surface area contributed by atoms with E-state index < -0.39 is 10.8 Å². The molecule has 0 spiro atoms. The fourth-order valence-corrected chi connectivity index (χ4v) is 6.46. The molecule has 4 N–H and O–H groups in total. The Balaban J connectivity index is 1.38. The summed E-state index contributed by atoms with van der Waals surface area (Å²) in [7, 11) is 0. The lowest BCUT2D eigenvalue weighted by Crippen LogP contribution is -2.27. The number of rotatable bonds is 2. The van der Waals surface area contributed by atoms with E-state index in [0.717, 1.165) is 69.5 Å². The van der Waals surface area contributed by atoms with Gasteiger partial charge in [0.25, 0.3) is 0 Å². The predicted octanol–water partition coefficient (Wildman–Crippen LogP) is 7.17. The summed E-state index contributed by atoms with van der Waals surface area (Å²) in [5.74, 6) is 5.49. The molecule has 0 saturated carbocycles. The van der Waals surface area contributed by atoms with Crippen LogP contribution in [0.3, 0.4) is 0 Å². The number of H-pyrrole nitrogens is 4. The van der Waals surface area contributed by atoms with Crippen molar-refractivity contribution >= 4 is 0 Å². The van der Waals surface area contributed by atoms with Crippen molar-refractivity contribution in [2.45, 2.75) is 37.5 Å². The molecule has 4 nitrogen and oxygen atoms in total. The molecule has 7 rings (SSSR count). The molecule has 8 bridgehead atoms. The molecular formula is C38H32N4. The average Bonchev–Trinajstić information content (AvgIpc) is 3.85. The number of hydrogen-bond acceptors (Lipinski definition) is 0. The molecule has 6 aromatic rings. The lowest BCUT2D eigenvalue weighted by atomic mass is 9.76. The van der Waals surface area contributed by atoms with E-state index in [-0.39, 0.29) is 0 Å². The van der Waals surface area contributed by atoms with Crippen molar-refractivity contribution in [2.75, 3.05) is 0 Å². The largest absolute Gasteiger partial charge is 0.361 e. The molecule has 0 atom stereocenters. The molecule has 4 heteroatoms. The highest BCUT2D eigenvalue weighted by molar-refractivity contribution is 5.51. The van der Waals surface area contributed by atoms with Crippen molar-refractivity contribution in [3.8, 4) is 24.7 Å². The summed E-state index contributed by atoms with van der Waals surface area (Å²) in [6.07, 6.45) is 12.8. The maximum absolute atomic E-state index is 5.67. The topological polar surface area (TPSA) is 63.2 Å². The standard InChI is InChI=1S/C38H32N4/c1-5-25-7-11-27(12-8-25)37(3)33-19-15-29(39-33)23-31-17-21-35(41-31)38(4,28-13-9-26(6-2)10-14-28)36-22-18-32(42-36)24-30-16-20-34(37)40-30/h1-2,7-22,39-42H,23-24H2,3-4H3. The van der Waals surface area contributed by atoms with Crippen molar-refractivity contribution in [3.63, 3.8) is 0 Å². The minimum atomic E-state index is -0.425. The Morgan fingerprint density at radius 2 is 0.738 bits per heavy atom. The summed E-state index contributed by atoms with van der Waals surface area (Å²) >= 11 is 0. The van der Waals surface area contributed by atoms with Gasteiger partial charge >= 0.3 is 0 Å². The van der Waals surface area contributed by atoms with Crippen LogP contribution < -0.4 is 0 Å². The first kappa shape index (κ1) is 25.6. The Labute approximate surface area is 246 Å². The van der Waals surface area contributed by atoms with Crippen LogP contribution in [0.15, 0.2) is 97.1 Å². The lowest BCUT2D eigenvalue weighted by Gasteiger charge is -2.29. The van der Waals surface area contributed by atoms with E-state index in [4.69, 9.17) is 12.8 Å². The second kappa shape index (κ2) is 9.65. The Morgan fingerprint density at radius 1 is 0.452 bits per heavy atom. The third-order valence-corrected chi connectivity index (χ3v) is 9.16. The number of hydrogen-bond donors (Lipinski definition) is 4. The smallest absolute Gasteiger partial charge is 0.0723 e. The minimum absolute atomic E-state index is 0.425. The van der Waals surface area contributed by atoms with Crippen LogP contribution in [0.2, 0.25) is 0 Å². The molecule has 4 aromatic heterocycles. The molecule has 5 heterocycles. The van der Waals surface area contributed by atoms with Gasteiger partial charge in [-0.3, -0.25) is 0 Å². The van der Waals surface area contributed by atoms with Crippen LogP contribution >= 0.6 is 0 Å². The van der Waals surface area contributed by atoms with Crippen molar-refractivity contribution in [1.29, 1.82) is 0 Å². The van der Waals surface area contributed by atoms with Crippen LogP contribution in [0, 0.1) is 24.7 Å². The third kappa shape index (κ3) is 4.04. The van der Waals surface area contributed by atoms with E-state index in [9.17, 15) is 0 Å². The molecule has 204 valence electrons. The van der Waals surface area contributed by atoms with E-state index >= 15 is 0 Å². The molecule has 0 radical (unpaired) electrons. The Kier molecular flexibility index (Phi) is 5.89. The molecule has 1 aliphatic heterocycles. The molecule has 0 aliphatic carbocycles. The highest BCUT2D eigenvalue weighted by Crippen LogP contribution is 2.40. The zero-order valence-corrected chi connectivity index (χ0v) is 23.8. The first-order valence-electron chi connectivity index (χ1n) is 14.3. The van der Waals surface area contributed by atoms with Gasteiger partial charge in [-0.1, -0.05) is 36.1 Å². The molecule has 2 aromatic carbocycles. The van der Waals surface area contributed by atoms with E-state index in [1.165, 1.54) is 11.1 Å². The summed E-state index contributed by atoms with van der Waals surface area (Å²) in [5.41, 5.74) is 12.3. The quantitative estimate of drug-likeness (QED) is 0.167. The van der Waals surface area contributed by atoms with Crippen LogP contribution in [0.25, 0.3) is 0 Å². The van der Waals surface area contributed by atoms with Gasteiger partial charge in [-0.05, 0) is 97.8 Å². The first-order valence-corrected chi connectivity index (χ1v) is 14.3. The van der Waals surface area contributed by atoms with Gasteiger partial charge in [-0.2, -0.15) is 0 Å². The Bertz CT molecular complexity index is 1750. The molecule has 0 fully saturated rings. The Hall–Kier alpha value is -5.32. The number of fused-ring (bicyclic) bond motifs is 8. The van der Waals surface area contributed by atoms with Gasteiger partial charge in [0.05, 0.1) is 10.8 Å². The van der Waals surface area contributed by atoms with E-state index in [0.29, 0.717) is 0 Å². The molecular weight excluding hydrogens is 512 g/mol. The van der Waals surface area contributed by atoms with E-state index in [2.05, 4.69) is 118 Å². The molecule has 1 aliphatic rings. The average molecular weight is 545 g/mol. The highest BCUT2D eigenvalue weighted by atomic mass is 14.8. The molecule has 0 saturated heterocycles. The van der Waals surface area contributed by atoms with E-state index in [1.807, 2.05) is 24.3 Å². The van der Waals surface area contributed by atoms with Crippen molar-refractivity contribution < 1.29 is 0 Å². The van der Waals surface area contributed by atoms with Gasteiger partial charge in [0.1, 0.15) is 0 Å². The monoisotopic (exact) mass is 544 g/mol. The molecule has 0 unspecified atom stereocenters. The first-order chi connectivity index (χ1) is 20.4. The SMILES string of the molecule is C#Cc1ccc(C2(C)c3ccc([nH]3)Cc3ccc([nH]3)C(C)(c3ccc(C#C)cc3)c3ccc([nH]3)Cc3ccc2[nH]3)cc1. The number of benzene rings is 2. The van der Waals surface area contributed by atoms with Gasteiger partial charge < -0.3 is 19.9 Å². The van der Waals surface area contributed by atoms with Crippen LogP contribution in [-0.4, -0.2) is 19.9 Å². The maximum Gasteiger partial charge on any atom is 0.0723 e. The molecule has 0 amide bonds. The van der Waals surface area contributed by atoms with Crippen molar-refractivity contribution in [1.82, 2.24) is 19.9 Å². The second-order valence-corrected chi connectivity index (χ2v) is 11.6. The molecule has 42 heavy (non-hydrogen) atoms. The van der Waals surface area contributed by atoms with Crippen LogP contribution in [-0.2, 0) is 23.7 Å². The van der Waals surface area contributed by atoms with Crippen LogP contribution in [0.5, 0.6) is 0 Å². The number of terminal acetylenes is 2. The highest BCUT2D eigenvalue weighted by Gasteiger charge is 2.36. The number of aromatic amines is 4. The second-order valence-electron chi connectivity index (χ2n) is 11.6. The predicted molar refractivity (Wildman–Crippen MR) is 169 cm³/mol. The minimum Gasteiger partial charge on any atom is -0.361 e. The van der Waals surface area contributed by atoms with Gasteiger partial charge in [-0.25, -0.2) is 0 Å². The summed E-state index contributed by atoms with van der Waals surface area (Å²) in [6, 6.07) is 34.2. The normalized spacial score (nSPS) is 19.6. The van der Waals surface area contributed by atoms with Gasteiger partial charge in [0.2, 0.25) is 0 Å². The van der Waals surface area contributed by atoms with Gasteiger partial charge in [0, 0.05) is 69.5 Å². The summed E-state index contributed by atoms with van der Waals surface area (Å²) < 4.78 is 0. The van der Waals surface area contributed by atoms with Crippen LogP contribution in [0.4, 0.5) is 0 Å². The maximum atomic E-state index is 5.67. The Morgan fingerprint density at radius 3 is 1.00 bits per heavy atom. The van der Waals surface area contributed by atoms with E-state index in [1.54, 1.807) is 0 Å². The fourth-order valence-electron chi connectivity index (χ4n) is 6.46. The van der Waals surface area contributed by atoms with Gasteiger partial charge in [0.15, 0.2) is 0 Å². The van der Waals surface area contributed by atoms with Crippen molar-refractivity contribution in [2.24, 2.45) is 0 Å².